The first-order valence-corrected chi connectivity index (χ1v) is 5.84. The number of aromatic nitrogens is 2. The number of nitrogens with zero attached hydrogens (tertiary/aromatic N) is 1. The molecule has 0 aliphatic rings. The Labute approximate surface area is 100 Å². The van der Waals surface area contributed by atoms with Gasteiger partial charge >= 0.3 is 0 Å². The van der Waals surface area contributed by atoms with Gasteiger partial charge in [-0.3, -0.25) is 0 Å². The fourth-order valence-electron chi connectivity index (χ4n) is 2.08. The third kappa shape index (κ3) is 1.82. The second-order valence-corrected chi connectivity index (χ2v) is 4.27. The number of aromatic amines is 1. The molecular weight excluding hydrogens is 208 g/mol. The van der Waals surface area contributed by atoms with Crippen LogP contribution in [0.25, 0.3) is 11.0 Å². The van der Waals surface area contributed by atoms with Crippen LogP contribution in [-0.4, -0.2) is 9.97 Å². The van der Waals surface area contributed by atoms with E-state index >= 15 is 0 Å². The highest BCUT2D eigenvalue weighted by Gasteiger charge is 2.12. The van der Waals surface area contributed by atoms with E-state index in [2.05, 4.69) is 47.2 Å². The highest BCUT2D eigenvalue weighted by Crippen LogP contribution is 2.23. The largest absolute Gasteiger partial charge is 0.341 e. The van der Waals surface area contributed by atoms with E-state index in [1.807, 2.05) is 24.3 Å². The maximum absolute atomic E-state index is 4.63. The van der Waals surface area contributed by atoms with Gasteiger partial charge in [0.15, 0.2) is 0 Å². The topological polar surface area (TPSA) is 28.7 Å². The summed E-state index contributed by atoms with van der Waals surface area (Å²) in [5.74, 6) is 1.32. The number of fused-ring (bicyclic) bond motifs is 1. The van der Waals surface area contributed by atoms with Gasteiger partial charge in [-0.15, -0.1) is 0 Å². The quantitative estimate of drug-likeness (QED) is 0.703. The molecule has 2 heteroatoms. The van der Waals surface area contributed by atoms with Crippen molar-refractivity contribution in [3.8, 4) is 0 Å². The number of para-hydroxylation sites is 2. The lowest BCUT2D eigenvalue weighted by atomic mass is 10.0. The lowest BCUT2D eigenvalue weighted by Gasteiger charge is -2.07. The summed E-state index contributed by atoms with van der Waals surface area (Å²) in [7, 11) is 0. The number of hydrogen-bond donors (Lipinski definition) is 1. The van der Waals surface area contributed by atoms with Crippen molar-refractivity contribution in [1.82, 2.24) is 9.97 Å². The molecule has 1 N–H and O–H groups in total. The van der Waals surface area contributed by atoms with Gasteiger partial charge in [0.05, 0.1) is 11.0 Å². The van der Waals surface area contributed by atoms with Crippen molar-refractivity contribution < 1.29 is 0 Å². The molecule has 0 bridgehead atoms. The number of benzene rings is 2. The fourth-order valence-corrected chi connectivity index (χ4v) is 2.08. The predicted molar refractivity (Wildman–Crippen MR) is 70.1 cm³/mol. The molecule has 0 saturated heterocycles. The molecule has 1 unspecified atom stereocenters. The Bertz CT molecular complexity index is 592. The van der Waals surface area contributed by atoms with Crippen molar-refractivity contribution in [3.63, 3.8) is 0 Å². The molecule has 0 aliphatic carbocycles. The Balaban J connectivity index is 2.04. The molecular formula is C15H14N2. The highest BCUT2D eigenvalue weighted by atomic mass is 14.9. The van der Waals surface area contributed by atoms with E-state index < -0.39 is 0 Å². The number of rotatable bonds is 2. The maximum Gasteiger partial charge on any atom is 0.114 e. The van der Waals surface area contributed by atoms with E-state index in [0.717, 1.165) is 16.9 Å². The van der Waals surface area contributed by atoms with E-state index in [-0.39, 0.29) is 0 Å². The maximum atomic E-state index is 4.63. The molecule has 0 radical (unpaired) electrons. The van der Waals surface area contributed by atoms with E-state index in [1.54, 1.807) is 0 Å². The number of imidazole rings is 1. The first-order valence-electron chi connectivity index (χ1n) is 5.84. The van der Waals surface area contributed by atoms with E-state index in [1.165, 1.54) is 5.56 Å². The van der Waals surface area contributed by atoms with Crippen molar-refractivity contribution >= 4 is 11.0 Å². The number of nitrogens with one attached hydrogen (secondary N) is 1. The van der Waals surface area contributed by atoms with Gasteiger partial charge < -0.3 is 4.98 Å². The van der Waals surface area contributed by atoms with Crippen molar-refractivity contribution in [3.05, 3.63) is 66.0 Å². The van der Waals surface area contributed by atoms with Crippen LogP contribution in [0.4, 0.5) is 0 Å². The molecule has 0 aliphatic heterocycles. The molecule has 0 amide bonds. The third-order valence-corrected chi connectivity index (χ3v) is 3.12. The molecule has 2 nitrogen and oxygen atoms in total. The molecule has 0 fully saturated rings. The van der Waals surface area contributed by atoms with Gasteiger partial charge in [0.1, 0.15) is 5.82 Å². The van der Waals surface area contributed by atoms with Crippen molar-refractivity contribution in [2.75, 3.05) is 0 Å². The first kappa shape index (κ1) is 10.1. The van der Waals surface area contributed by atoms with Crippen LogP contribution in [0.5, 0.6) is 0 Å². The van der Waals surface area contributed by atoms with Crippen molar-refractivity contribution in [2.45, 2.75) is 12.8 Å². The molecule has 3 aromatic rings. The molecule has 1 aromatic heterocycles. The lowest BCUT2D eigenvalue weighted by molar-refractivity contribution is 0.846. The average Bonchev–Trinajstić information content (AvgIpc) is 2.82. The Morgan fingerprint density at radius 2 is 1.65 bits per heavy atom. The molecule has 2 aromatic carbocycles. The first-order chi connectivity index (χ1) is 8.34. The zero-order chi connectivity index (χ0) is 11.7. The average molecular weight is 222 g/mol. The Morgan fingerprint density at radius 1 is 0.941 bits per heavy atom. The molecule has 17 heavy (non-hydrogen) atoms. The summed E-state index contributed by atoms with van der Waals surface area (Å²) < 4.78 is 0. The van der Waals surface area contributed by atoms with Crippen molar-refractivity contribution in [1.29, 1.82) is 0 Å². The van der Waals surface area contributed by atoms with Gasteiger partial charge in [-0.25, -0.2) is 4.98 Å². The molecule has 84 valence electrons. The van der Waals surface area contributed by atoms with Crippen LogP contribution in [0.3, 0.4) is 0 Å². The van der Waals surface area contributed by atoms with Gasteiger partial charge in [-0.2, -0.15) is 0 Å². The van der Waals surface area contributed by atoms with Crippen molar-refractivity contribution in [2.24, 2.45) is 0 Å². The molecule has 3 rings (SSSR count). The number of hydrogen-bond acceptors (Lipinski definition) is 1. The van der Waals surface area contributed by atoms with Crippen LogP contribution in [-0.2, 0) is 0 Å². The van der Waals surface area contributed by atoms with Crippen LogP contribution in [0.2, 0.25) is 0 Å². The van der Waals surface area contributed by atoms with Gasteiger partial charge in [0.2, 0.25) is 0 Å². The summed E-state index contributed by atoms with van der Waals surface area (Å²) in [6, 6.07) is 18.6. The minimum Gasteiger partial charge on any atom is -0.341 e. The molecule has 0 spiro atoms. The summed E-state index contributed by atoms with van der Waals surface area (Å²) in [5.41, 5.74) is 3.42. The fraction of sp³-hybridized carbons (Fsp3) is 0.133. The monoisotopic (exact) mass is 222 g/mol. The highest BCUT2D eigenvalue weighted by molar-refractivity contribution is 5.74. The number of H-pyrrole nitrogens is 1. The van der Waals surface area contributed by atoms with E-state index in [4.69, 9.17) is 0 Å². The van der Waals surface area contributed by atoms with Crippen LogP contribution < -0.4 is 0 Å². The third-order valence-electron chi connectivity index (χ3n) is 3.12. The second-order valence-electron chi connectivity index (χ2n) is 4.27. The van der Waals surface area contributed by atoms with Crippen LogP contribution >= 0.6 is 0 Å². The Kier molecular flexibility index (Phi) is 2.41. The Hall–Kier alpha value is -2.09. The van der Waals surface area contributed by atoms with Gasteiger partial charge in [0, 0.05) is 5.92 Å². The Morgan fingerprint density at radius 3 is 2.41 bits per heavy atom. The van der Waals surface area contributed by atoms with E-state index in [9.17, 15) is 0 Å². The zero-order valence-electron chi connectivity index (χ0n) is 9.72. The molecule has 1 atom stereocenters. The van der Waals surface area contributed by atoms with Gasteiger partial charge in [0.25, 0.3) is 0 Å². The van der Waals surface area contributed by atoms with Crippen LogP contribution in [0, 0.1) is 0 Å². The second kappa shape index (κ2) is 4.06. The summed E-state index contributed by atoms with van der Waals surface area (Å²) in [6.07, 6.45) is 0. The SMILES string of the molecule is CC(c1ccccc1)c1nc2ccccc2[nH]1. The summed E-state index contributed by atoms with van der Waals surface area (Å²) >= 11 is 0. The predicted octanol–water partition coefficient (Wildman–Crippen LogP) is 3.71. The summed E-state index contributed by atoms with van der Waals surface area (Å²) in [6.45, 7) is 2.17. The van der Waals surface area contributed by atoms with Gasteiger partial charge in [-0.05, 0) is 17.7 Å². The normalized spacial score (nSPS) is 12.8. The summed E-state index contributed by atoms with van der Waals surface area (Å²) in [5, 5.41) is 0. The summed E-state index contributed by atoms with van der Waals surface area (Å²) in [4.78, 5) is 8.02. The van der Waals surface area contributed by atoms with Gasteiger partial charge in [-0.1, -0.05) is 49.4 Å². The molecule has 1 heterocycles. The van der Waals surface area contributed by atoms with E-state index in [0.29, 0.717) is 5.92 Å². The minimum atomic E-state index is 0.295. The lowest BCUT2D eigenvalue weighted by Crippen LogP contribution is -1.97. The molecule has 0 saturated carbocycles. The van der Waals surface area contributed by atoms with Crippen LogP contribution in [0.1, 0.15) is 24.2 Å². The van der Waals surface area contributed by atoms with Crippen LogP contribution in [0.15, 0.2) is 54.6 Å². The standard InChI is InChI=1S/C15H14N2/c1-11(12-7-3-2-4-8-12)15-16-13-9-5-6-10-14(13)17-15/h2-11H,1H3,(H,16,17). The zero-order valence-corrected chi connectivity index (χ0v) is 9.72. The minimum absolute atomic E-state index is 0.295. The smallest absolute Gasteiger partial charge is 0.114 e.